The highest BCUT2D eigenvalue weighted by molar-refractivity contribution is 5.70. The monoisotopic (exact) mass is 702 g/mol. The predicted molar refractivity (Wildman–Crippen MR) is 198 cm³/mol. The number of nitrogens with one attached hydrogen (secondary N) is 3. The molecule has 2 aromatic carbocycles. The molecular formula is C40H46N8O4. The van der Waals surface area contributed by atoms with Crippen LogP contribution < -0.4 is 5.32 Å². The minimum atomic E-state index is -0.548. The summed E-state index contributed by atoms with van der Waals surface area (Å²) in [6.07, 6.45) is 8.57. The number of ether oxygens (including phenoxy) is 2. The van der Waals surface area contributed by atoms with Crippen LogP contribution in [-0.2, 0) is 9.47 Å². The van der Waals surface area contributed by atoms with Crippen LogP contribution in [0.25, 0.3) is 33.8 Å². The summed E-state index contributed by atoms with van der Waals surface area (Å²) in [6.45, 7) is 7.86. The van der Waals surface area contributed by atoms with Crippen LogP contribution >= 0.6 is 0 Å². The molecule has 7 rings (SSSR count). The zero-order valence-corrected chi connectivity index (χ0v) is 30.1. The van der Waals surface area contributed by atoms with Crippen molar-refractivity contribution in [1.82, 2.24) is 40.0 Å². The van der Waals surface area contributed by atoms with Crippen LogP contribution in [0.5, 0.6) is 0 Å². The van der Waals surface area contributed by atoms with E-state index in [2.05, 4.69) is 49.4 Å². The molecule has 0 spiro atoms. The van der Waals surface area contributed by atoms with E-state index in [9.17, 15) is 9.59 Å². The minimum absolute atomic E-state index is 0.120. The average Bonchev–Trinajstić information content (AvgIpc) is 3.98. The molecule has 3 aromatic heterocycles. The van der Waals surface area contributed by atoms with Gasteiger partial charge < -0.3 is 24.8 Å². The fourth-order valence-electron chi connectivity index (χ4n) is 7.15. The molecule has 12 heteroatoms. The largest absolute Gasteiger partial charge is 0.453 e. The van der Waals surface area contributed by atoms with Crippen molar-refractivity contribution in [3.63, 3.8) is 0 Å². The van der Waals surface area contributed by atoms with E-state index < -0.39 is 11.7 Å². The Morgan fingerprint density at radius 1 is 0.808 bits per heavy atom. The molecule has 0 unspecified atom stereocenters. The second-order valence-corrected chi connectivity index (χ2v) is 14.5. The van der Waals surface area contributed by atoms with Gasteiger partial charge in [0.15, 0.2) is 0 Å². The van der Waals surface area contributed by atoms with Crippen molar-refractivity contribution in [2.24, 2.45) is 0 Å². The predicted octanol–water partition coefficient (Wildman–Crippen LogP) is 7.84. The van der Waals surface area contributed by atoms with Crippen LogP contribution in [-0.4, -0.2) is 79.3 Å². The smallest absolute Gasteiger partial charge is 0.410 e. The van der Waals surface area contributed by atoms with Gasteiger partial charge in [-0.1, -0.05) is 54.6 Å². The summed E-state index contributed by atoms with van der Waals surface area (Å²) in [5.41, 5.74) is 6.12. The topological polar surface area (TPSA) is 141 Å². The summed E-state index contributed by atoms with van der Waals surface area (Å²) in [7, 11) is 1.39. The first-order valence-corrected chi connectivity index (χ1v) is 18.0. The lowest BCUT2D eigenvalue weighted by Crippen LogP contribution is -2.38. The maximum absolute atomic E-state index is 12.8. The number of aromatic nitrogens is 5. The molecule has 2 aliphatic heterocycles. The van der Waals surface area contributed by atoms with Crippen molar-refractivity contribution in [3.05, 3.63) is 103 Å². The van der Waals surface area contributed by atoms with Crippen molar-refractivity contribution in [2.45, 2.75) is 70.2 Å². The molecule has 0 aliphatic carbocycles. The van der Waals surface area contributed by atoms with Gasteiger partial charge >= 0.3 is 12.2 Å². The quantitative estimate of drug-likeness (QED) is 0.141. The van der Waals surface area contributed by atoms with Crippen LogP contribution in [0.1, 0.15) is 81.8 Å². The first kappa shape index (κ1) is 34.9. The highest BCUT2D eigenvalue weighted by Gasteiger charge is 2.35. The zero-order chi connectivity index (χ0) is 36.2. The number of alkyl carbamates (subject to hydrolysis) is 1. The Morgan fingerprint density at radius 3 is 2.12 bits per heavy atom. The van der Waals surface area contributed by atoms with Crippen molar-refractivity contribution in [2.75, 3.05) is 26.7 Å². The molecule has 0 saturated carbocycles. The Morgan fingerprint density at radius 2 is 1.44 bits per heavy atom. The third-order valence-electron chi connectivity index (χ3n) is 9.73. The van der Waals surface area contributed by atoms with Gasteiger partial charge in [0.1, 0.15) is 17.2 Å². The standard InChI is InChI=1S/C40H46N8O4/c1-40(2,3)52-39(50)48-21-9-13-35(48)37-43-24-32(45-37)29-18-19-30(41-22-29)27-14-16-28(17-15-27)31-23-42-36(44-31)34-12-8-20-47(34)25-33(46-38(49)51-4)26-10-6-5-7-11-26/h5-7,10-11,14-19,22-24,33-35H,8-9,12-13,20-21,25H2,1-4H3,(H,42,44)(H,43,45)(H,46,49)/t33-,34-,35-/m0/s1. The number of benzene rings is 2. The average molecular weight is 703 g/mol. The Labute approximate surface area is 304 Å². The number of hydrogen-bond acceptors (Lipinski definition) is 8. The van der Waals surface area contributed by atoms with Gasteiger partial charge in [0.05, 0.1) is 54.7 Å². The highest BCUT2D eigenvalue weighted by Crippen LogP contribution is 2.35. The molecular weight excluding hydrogens is 656 g/mol. The lowest BCUT2D eigenvalue weighted by molar-refractivity contribution is 0.0218. The molecule has 12 nitrogen and oxygen atoms in total. The van der Waals surface area contributed by atoms with Crippen molar-refractivity contribution in [1.29, 1.82) is 0 Å². The Bertz CT molecular complexity index is 1970. The molecule has 5 heterocycles. The zero-order valence-electron chi connectivity index (χ0n) is 30.1. The SMILES string of the molecule is COC(=O)N[C@@H](CN1CCC[C@H]1c1ncc(-c2ccc(-c3ccc(-c4cnc([C@@H]5CCCN5C(=O)OC(C)(C)C)[nH]4)cn3)cc2)[nH]1)c1ccccc1. The summed E-state index contributed by atoms with van der Waals surface area (Å²) < 4.78 is 10.5. The fraction of sp³-hybridized carbons (Fsp3) is 0.375. The Hall–Kier alpha value is -5.49. The number of imidazole rings is 2. The molecule has 52 heavy (non-hydrogen) atoms. The van der Waals surface area contributed by atoms with Gasteiger partial charge in [-0.2, -0.15) is 0 Å². The first-order valence-electron chi connectivity index (χ1n) is 18.0. The number of rotatable bonds is 9. The van der Waals surface area contributed by atoms with Crippen LogP contribution in [0, 0.1) is 0 Å². The number of carbonyl (C=O) groups excluding carboxylic acids is 2. The number of carbonyl (C=O) groups is 2. The molecule has 3 atom stereocenters. The lowest BCUT2D eigenvalue weighted by Gasteiger charge is -2.28. The first-order chi connectivity index (χ1) is 25.1. The number of pyridine rings is 1. The van der Waals surface area contributed by atoms with Gasteiger partial charge in [-0.15, -0.1) is 0 Å². The third-order valence-corrected chi connectivity index (χ3v) is 9.73. The Balaban J connectivity index is 0.998. The van der Waals surface area contributed by atoms with Gasteiger partial charge in [-0.05, 0) is 76.3 Å². The summed E-state index contributed by atoms with van der Waals surface area (Å²) in [5, 5.41) is 3.01. The molecule has 0 radical (unpaired) electrons. The number of methoxy groups -OCH3 is 1. The van der Waals surface area contributed by atoms with Crippen molar-refractivity contribution < 1.29 is 19.1 Å². The number of likely N-dealkylation sites (tertiary alicyclic amines) is 2. The lowest BCUT2D eigenvalue weighted by atomic mass is 10.1. The maximum atomic E-state index is 12.8. The normalized spacial score (nSPS) is 18.3. The second kappa shape index (κ2) is 15.0. The van der Waals surface area contributed by atoms with Gasteiger partial charge in [-0.25, -0.2) is 19.6 Å². The number of aromatic amines is 2. The summed E-state index contributed by atoms with van der Waals surface area (Å²) in [5.74, 6) is 1.68. The second-order valence-electron chi connectivity index (χ2n) is 14.5. The van der Waals surface area contributed by atoms with Crippen LogP contribution in [0.4, 0.5) is 9.59 Å². The van der Waals surface area contributed by atoms with E-state index in [-0.39, 0.29) is 24.2 Å². The van der Waals surface area contributed by atoms with E-state index in [1.807, 2.05) is 75.6 Å². The molecule has 0 bridgehead atoms. The summed E-state index contributed by atoms with van der Waals surface area (Å²) in [6, 6.07) is 22.1. The van der Waals surface area contributed by atoms with E-state index in [1.165, 1.54) is 7.11 Å². The van der Waals surface area contributed by atoms with Gasteiger partial charge in [0.25, 0.3) is 0 Å². The van der Waals surface area contributed by atoms with E-state index >= 15 is 0 Å². The maximum Gasteiger partial charge on any atom is 0.410 e. The molecule has 2 fully saturated rings. The van der Waals surface area contributed by atoms with Crippen molar-refractivity contribution >= 4 is 12.2 Å². The van der Waals surface area contributed by atoms with Crippen LogP contribution in [0.2, 0.25) is 0 Å². The van der Waals surface area contributed by atoms with E-state index in [0.29, 0.717) is 13.1 Å². The third kappa shape index (κ3) is 7.86. The number of hydrogen-bond donors (Lipinski definition) is 3. The molecule has 5 aromatic rings. The molecule has 2 saturated heterocycles. The molecule has 2 amide bonds. The fourth-order valence-corrected chi connectivity index (χ4v) is 7.15. The van der Waals surface area contributed by atoms with E-state index in [4.69, 9.17) is 19.4 Å². The van der Waals surface area contributed by atoms with E-state index in [0.717, 1.165) is 83.2 Å². The van der Waals surface area contributed by atoms with E-state index in [1.54, 1.807) is 11.1 Å². The summed E-state index contributed by atoms with van der Waals surface area (Å²) >= 11 is 0. The molecule has 270 valence electrons. The highest BCUT2D eigenvalue weighted by atomic mass is 16.6. The van der Waals surface area contributed by atoms with Crippen LogP contribution in [0.15, 0.2) is 85.3 Å². The number of amides is 2. The summed E-state index contributed by atoms with van der Waals surface area (Å²) in [4.78, 5) is 50.3. The van der Waals surface area contributed by atoms with Gasteiger partial charge in [0.2, 0.25) is 0 Å². The van der Waals surface area contributed by atoms with Gasteiger partial charge in [0, 0.05) is 30.4 Å². The number of nitrogens with zero attached hydrogens (tertiary/aromatic N) is 5. The van der Waals surface area contributed by atoms with Gasteiger partial charge in [-0.3, -0.25) is 14.8 Å². The number of H-pyrrole nitrogens is 2. The van der Waals surface area contributed by atoms with Crippen LogP contribution in [0.3, 0.4) is 0 Å². The molecule has 3 N–H and O–H groups in total. The minimum Gasteiger partial charge on any atom is -0.453 e. The van der Waals surface area contributed by atoms with Crippen molar-refractivity contribution in [3.8, 4) is 33.8 Å². The Kier molecular flexibility index (Phi) is 10.1. The molecule has 2 aliphatic rings.